The van der Waals surface area contributed by atoms with Crippen molar-refractivity contribution >= 4 is 23.3 Å². The van der Waals surface area contributed by atoms with Gasteiger partial charge in [0.05, 0.1) is 5.02 Å². The van der Waals surface area contributed by atoms with E-state index < -0.39 is 12.0 Å². The van der Waals surface area contributed by atoms with Crippen LogP contribution in [0.5, 0.6) is 0 Å². The number of halogens is 1. The SMILES string of the molecule is O=C(Nc1ccn(-c2ncccc2Cl)n1)[C@H](O)c1ccccc1. The van der Waals surface area contributed by atoms with Crippen LogP contribution in [0, 0.1) is 0 Å². The highest BCUT2D eigenvalue weighted by molar-refractivity contribution is 6.32. The van der Waals surface area contributed by atoms with E-state index in [1.165, 1.54) is 4.68 Å². The maximum atomic E-state index is 12.1. The van der Waals surface area contributed by atoms with Crippen LogP contribution in [0.2, 0.25) is 5.02 Å². The van der Waals surface area contributed by atoms with Crippen LogP contribution in [0.15, 0.2) is 60.9 Å². The average Bonchev–Trinajstić information content (AvgIpc) is 3.03. The van der Waals surface area contributed by atoms with Crippen LogP contribution < -0.4 is 5.32 Å². The van der Waals surface area contributed by atoms with E-state index in [2.05, 4.69) is 15.4 Å². The minimum Gasteiger partial charge on any atom is -0.378 e. The Labute approximate surface area is 137 Å². The molecule has 1 aromatic carbocycles. The largest absolute Gasteiger partial charge is 0.378 e. The Kier molecular flexibility index (Phi) is 4.36. The number of carbonyl (C=O) groups excluding carboxylic acids is 1. The number of carbonyl (C=O) groups is 1. The Morgan fingerprint density at radius 1 is 1.17 bits per heavy atom. The predicted octanol–water partition coefficient (Wildman–Crippen LogP) is 2.59. The Morgan fingerprint density at radius 2 is 1.96 bits per heavy atom. The Bertz CT molecular complexity index is 820. The number of benzene rings is 1. The molecule has 0 saturated heterocycles. The topological polar surface area (TPSA) is 80.0 Å². The van der Waals surface area contributed by atoms with Gasteiger partial charge in [-0.15, -0.1) is 5.10 Å². The first kappa shape index (κ1) is 15.2. The minimum atomic E-state index is -1.26. The van der Waals surface area contributed by atoms with Gasteiger partial charge in [0.15, 0.2) is 17.7 Å². The minimum absolute atomic E-state index is 0.298. The fourth-order valence-corrected chi connectivity index (χ4v) is 2.24. The average molecular weight is 329 g/mol. The summed E-state index contributed by atoms with van der Waals surface area (Å²) in [6, 6.07) is 13.7. The highest BCUT2D eigenvalue weighted by Crippen LogP contribution is 2.18. The van der Waals surface area contributed by atoms with E-state index in [0.717, 1.165) is 0 Å². The molecule has 1 amide bonds. The second-order valence-electron chi connectivity index (χ2n) is 4.76. The lowest BCUT2D eigenvalue weighted by molar-refractivity contribution is -0.124. The predicted molar refractivity (Wildman–Crippen MR) is 86.4 cm³/mol. The lowest BCUT2D eigenvalue weighted by Crippen LogP contribution is -2.21. The van der Waals surface area contributed by atoms with Gasteiger partial charge in [0.25, 0.3) is 5.91 Å². The maximum Gasteiger partial charge on any atom is 0.259 e. The zero-order chi connectivity index (χ0) is 16.2. The standard InChI is InChI=1S/C16H13ClN4O2/c17-12-7-4-9-18-15(12)21-10-8-13(20-21)19-16(23)14(22)11-5-2-1-3-6-11/h1-10,14,22H,(H,19,20,23)/t14-/m1/s1. The van der Waals surface area contributed by atoms with Crippen LogP contribution in [0.25, 0.3) is 5.82 Å². The highest BCUT2D eigenvalue weighted by Gasteiger charge is 2.18. The monoisotopic (exact) mass is 328 g/mol. The molecule has 0 aliphatic rings. The normalized spacial score (nSPS) is 11.9. The summed E-state index contributed by atoms with van der Waals surface area (Å²) in [6.07, 6.45) is 1.96. The van der Waals surface area contributed by atoms with Crippen molar-refractivity contribution < 1.29 is 9.90 Å². The van der Waals surface area contributed by atoms with E-state index in [0.29, 0.717) is 22.2 Å². The zero-order valence-electron chi connectivity index (χ0n) is 11.9. The maximum absolute atomic E-state index is 12.1. The molecule has 7 heteroatoms. The third-order valence-corrected chi connectivity index (χ3v) is 3.46. The van der Waals surface area contributed by atoms with Gasteiger partial charge in [0.1, 0.15) is 0 Å². The second-order valence-corrected chi connectivity index (χ2v) is 5.16. The molecule has 2 aromatic heterocycles. The van der Waals surface area contributed by atoms with Crippen LogP contribution in [-0.2, 0) is 4.79 Å². The summed E-state index contributed by atoms with van der Waals surface area (Å²) in [6.45, 7) is 0. The molecule has 0 spiro atoms. The number of hydrogen-bond donors (Lipinski definition) is 2. The number of nitrogens with zero attached hydrogens (tertiary/aromatic N) is 3. The molecule has 0 aliphatic carbocycles. The zero-order valence-corrected chi connectivity index (χ0v) is 12.7. The number of rotatable bonds is 4. The molecule has 2 heterocycles. The van der Waals surface area contributed by atoms with E-state index in [4.69, 9.17) is 11.6 Å². The quantitative estimate of drug-likeness (QED) is 0.771. The number of aliphatic hydroxyl groups excluding tert-OH is 1. The van der Waals surface area contributed by atoms with E-state index >= 15 is 0 Å². The summed E-state index contributed by atoms with van der Waals surface area (Å²) in [5.74, 6) is 0.193. The number of aromatic nitrogens is 3. The fourth-order valence-electron chi connectivity index (χ4n) is 2.04. The smallest absolute Gasteiger partial charge is 0.259 e. The van der Waals surface area contributed by atoms with Crippen molar-refractivity contribution in [2.75, 3.05) is 5.32 Å². The first-order valence-electron chi connectivity index (χ1n) is 6.85. The molecular weight excluding hydrogens is 316 g/mol. The van der Waals surface area contributed by atoms with Crippen molar-refractivity contribution in [3.8, 4) is 5.82 Å². The molecule has 116 valence electrons. The van der Waals surface area contributed by atoms with Crippen molar-refractivity contribution in [2.45, 2.75) is 6.10 Å². The fraction of sp³-hybridized carbons (Fsp3) is 0.0625. The Morgan fingerprint density at radius 3 is 2.70 bits per heavy atom. The third-order valence-electron chi connectivity index (χ3n) is 3.16. The van der Waals surface area contributed by atoms with Gasteiger partial charge < -0.3 is 10.4 Å². The number of anilines is 1. The Hall–Kier alpha value is -2.70. The number of amides is 1. The third kappa shape index (κ3) is 3.39. The lowest BCUT2D eigenvalue weighted by atomic mass is 10.1. The van der Waals surface area contributed by atoms with Gasteiger partial charge in [-0.3, -0.25) is 4.79 Å². The van der Waals surface area contributed by atoms with E-state index in [1.54, 1.807) is 54.9 Å². The van der Waals surface area contributed by atoms with Crippen molar-refractivity contribution in [3.63, 3.8) is 0 Å². The Balaban J connectivity index is 1.74. The van der Waals surface area contributed by atoms with Crippen LogP contribution in [-0.4, -0.2) is 25.8 Å². The van der Waals surface area contributed by atoms with Crippen LogP contribution in [0.4, 0.5) is 5.82 Å². The molecule has 0 bridgehead atoms. The summed E-state index contributed by atoms with van der Waals surface area (Å²) in [5, 5.41) is 17.2. The molecule has 0 aliphatic heterocycles. The van der Waals surface area contributed by atoms with Crippen molar-refractivity contribution in [1.82, 2.24) is 14.8 Å². The first-order chi connectivity index (χ1) is 11.1. The van der Waals surface area contributed by atoms with Gasteiger partial charge in [0, 0.05) is 18.5 Å². The van der Waals surface area contributed by atoms with Crippen LogP contribution in [0.3, 0.4) is 0 Å². The molecule has 3 aromatic rings. The van der Waals surface area contributed by atoms with Gasteiger partial charge in [0.2, 0.25) is 0 Å². The summed E-state index contributed by atoms with van der Waals surface area (Å²) in [7, 11) is 0. The lowest BCUT2D eigenvalue weighted by Gasteiger charge is -2.10. The van der Waals surface area contributed by atoms with Crippen molar-refractivity contribution in [3.05, 3.63) is 71.5 Å². The van der Waals surface area contributed by atoms with Gasteiger partial charge in [-0.25, -0.2) is 9.67 Å². The summed E-state index contributed by atoms with van der Waals surface area (Å²) in [5.41, 5.74) is 0.511. The van der Waals surface area contributed by atoms with Gasteiger partial charge in [-0.05, 0) is 17.7 Å². The van der Waals surface area contributed by atoms with Gasteiger partial charge in [-0.2, -0.15) is 0 Å². The molecule has 3 rings (SSSR count). The van der Waals surface area contributed by atoms with E-state index in [9.17, 15) is 9.90 Å². The second kappa shape index (κ2) is 6.60. The molecule has 0 saturated carbocycles. The van der Waals surface area contributed by atoms with Crippen LogP contribution >= 0.6 is 11.6 Å². The molecule has 6 nitrogen and oxygen atoms in total. The molecule has 1 atom stereocenters. The first-order valence-corrected chi connectivity index (χ1v) is 7.23. The molecule has 0 fully saturated rings. The number of hydrogen-bond acceptors (Lipinski definition) is 4. The molecule has 0 radical (unpaired) electrons. The number of aliphatic hydroxyl groups is 1. The number of pyridine rings is 1. The summed E-state index contributed by atoms with van der Waals surface area (Å²) < 4.78 is 1.45. The molecule has 0 unspecified atom stereocenters. The molecule has 23 heavy (non-hydrogen) atoms. The van der Waals surface area contributed by atoms with E-state index in [1.807, 2.05) is 6.07 Å². The highest BCUT2D eigenvalue weighted by atomic mass is 35.5. The van der Waals surface area contributed by atoms with Crippen molar-refractivity contribution in [2.24, 2.45) is 0 Å². The van der Waals surface area contributed by atoms with Gasteiger partial charge in [-0.1, -0.05) is 41.9 Å². The van der Waals surface area contributed by atoms with E-state index in [-0.39, 0.29) is 0 Å². The molecular formula is C16H13ClN4O2. The summed E-state index contributed by atoms with van der Waals surface area (Å²) in [4.78, 5) is 16.2. The van der Waals surface area contributed by atoms with Gasteiger partial charge >= 0.3 is 0 Å². The molecule has 2 N–H and O–H groups in total. The summed E-state index contributed by atoms with van der Waals surface area (Å²) >= 11 is 6.05. The number of nitrogens with one attached hydrogen (secondary N) is 1. The van der Waals surface area contributed by atoms with Crippen LogP contribution in [0.1, 0.15) is 11.7 Å². The van der Waals surface area contributed by atoms with Crippen molar-refractivity contribution in [1.29, 1.82) is 0 Å².